The normalized spacial score (nSPS) is 12.0. The number of halogens is 5. The van der Waals surface area contributed by atoms with Crippen LogP contribution >= 0.6 is 0 Å². The van der Waals surface area contributed by atoms with Crippen LogP contribution in [0.3, 0.4) is 0 Å². The topological polar surface area (TPSA) is 21.3 Å². The molecule has 2 aromatic rings. The smallest absolute Gasteiger partial charge is 0.426 e. The molecule has 0 spiro atoms. The van der Waals surface area contributed by atoms with Crippen molar-refractivity contribution in [2.24, 2.45) is 0 Å². The molecule has 0 radical (unpaired) electrons. The quantitative estimate of drug-likeness (QED) is 0.546. The van der Waals surface area contributed by atoms with Crippen LogP contribution in [0, 0.1) is 0 Å². The van der Waals surface area contributed by atoms with E-state index in [0.29, 0.717) is 24.9 Å². The Morgan fingerprint density at radius 2 is 1.58 bits per heavy atom. The fraction of sp³-hybridized carbons (Fsp3) is 0.294. The Balaban J connectivity index is 1.86. The van der Waals surface area contributed by atoms with Gasteiger partial charge in [0.25, 0.3) is 0 Å². The van der Waals surface area contributed by atoms with Gasteiger partial charge in [-0.3, -0.25) is 0 Å². The molecule has 7 heteroatoms. The molecule has 0 saturated carbocycles. The van der Waals surface area contributed by atoms with Crippen LogP contribution < -0.4 is 10.1 Å². The van der Waals surface area contributed by atoms with Gasteiger partial charge in [-0.05, 0) is 42.7 Å². The van der Waals surface area contributed by atoms with Crippen LogP contribution in [0.1, 0.15) is 12.0 Å². The van der Waals surface area contributed by atoms with E-state index < -0.39 is 18.0 Å². The molecule has 1 N–H and O–H groups in total. The Labute approximate surface area is 136 Å². The van der Waals surface area contributed by atoms with Gasteiger partial charge in [0.2, 0.25) is 0 Å². The molecule has 2 nitrogen and oxygen atoms in total. The van der Waals surface area contributed by atoms with E-state index >= 15 is 0 Å². The molecule has 0 aliphatic heterocycles. The maximum absolute atomic E-state index is 12.9. The molecular weight excluding hydrogens is 329 g/mol. The number of hydrogen-bond donors (Lipinski definition) is 1. The van der Waals surface area contributed by atoms with Crippen molar-refractivity contribution in [1.29, 1.82) is 0 Å². The highest BCUT2D eigenvalue weighted by Crippen LogP contribution is 2.37. The number of alkyl halides is 5. The Kier molecular flexibility index (Phi) is 5.64. The van der Waals surface area contributed by atoms with Crippen molar-refractivity contribution in [3.8, 4) is 5.75 Å². The van der Waals surface area contributed by atoms with Crippen molar-refractivity contribution in [3.63, 3.8) is 0 Å². The zero-order chi connectivity index (χ0) is 17.6. The van der Waals surface area contributed by atoms with Gasteiger partial charge in [-0.25, -0.2) is 0 Å². The number of hydrogen-bond acceptors (Lipinski definition) is 2. The van der Waals surface area contributed by atoms with Gasteiger partial charge in [0.15, 0.2) is 0 Å². The second-order valence-electron chi connectivity index (χ2n) is 5.16. The highest BCUT2D eigenvalue weighted by Gasteiger charge is 2.61. The Bertz CT molecular complexity index is 643. The first-order valence-corrected chi connectivity index (χ1v) is 7.29. The minimum absolute atomic E-state index is 0.508. The molecule has 0 aromatic heterocycles. The molecule has 0 amide bonds. The molecule has 2 aromatic carbocycles. The maximum atomic E-state index is 12.9. The summed E-state index contributed by atoms with van der Waals surface area (Å²) in [5.74, 6) is -0.508. The number of aryl methyl sites for hydroxylation is 1. The lowest BCUT2D eigenvalue weighted by atomic mass is 10.1. The van der Waals surface area contributed by atoms with Crippen LogP contribution in [0.5, 0.6) is 5.75 Å². The van der Waals surface area contributed by atoms with Crippen LogP contribution in [0.15, 0.2) is 54.6 Å². The van der Waals surface area contributed by atoms with Crippen molar-refractivity contribution < 1.29 is 26.7 Å². The molecular formula is C17H16F5NO. The number of nitrogens with one attached hydrogen (secondary N) is 1. The average Bonchev–Trinajstić information content (AvgIpc) is 2.51. The van der Waals surface area contributed by atoms with Crippen molar-refractivity contribution >= 4 is 5.69 Å². The van der Waals surface area contributed by atoms with Crippen LogP contribution in [0.25, 0.3) is 0 Å². The maximum Gasteiger partial charge on any atom is 0.499 e. The molecule has 130 valence electrons. The van der Waals surface area contributed by atoms with Crippen molar-refractivity contribution in [2.45, 2.75) is 25.1 Å². The first-order valence-electron chi connectivity index (χ1n) is 7.29. The van der Waals surface area contributed by atoms with E-state index in [1.807, 2.05) is 30.3 Å². The van der Waals surface area contributed by atoms with Crippen molar-refractivity contribution in [2.75, 3.05) is 11.9 Å². The van der Waals surface area contributed by atoms with Gasteiger partial charge in [-0.15, -0.1) is 0 Å². The summed E-state index contributed by atoms with van der Waals surface area (Å²) < 4.78 is 66.0. The zero-order valence-electron chi connectivity index (χ0n) is 12.6. The fourth-order valence-corrected chi connectivity index (χ4v) is 2.05. The summed E-state index contributed by atoms with van der Waals surface area (Å²) in [7, 11) is 0. The van der Waals surface area contributed by atoms with Crippen LogP contribution in [-0.2, 0) is 6.42 Å². The molecule has 0 atom stereocenters. The third kappa shape index (κ3) is 5.11. The predicted molar refractivity (Wildman–Crippen MR) is 81.3 cm³/mol. The highest BCUT2D eigenvalue weighted by atomic mass is 19.4. The summed E-state index contributed by atoms with van der Waals surface area (Å²) in [5, 5.41) is 3.19. The lowest BCUT2D eigenvalue weighted by molar-refractivity contribution is -0.360. The molecule has 0 unspecified atom stereocenters. The molecule has 24 heavy (non-hydrogen) atoms. The van der Waals surface area contributed by atoms with E-state index in [1.165, 1.54) is 12.1 Å². The summed E-state index contributed by atoms with van der Waals surface area (Å²) in [6, 6.07) is 14.8. The number of rotatable bonds is 7. The van der Waals surface area contributed by atoms with E-state index in [4.69, 9.17) is 0 Å². The van der Waals surface area contributed by atoms with Crippen LogP contribution in [0.4, 0.5) is 27.6 Å². The van der Waals surface area contributed by atoms with Crippen LogP contribution in [0.2, 0.25) is 0 Å². The van der Waals surface area contributed by atoms with Gasteiger partial charge in [0, 0.05) is 12.2 Å². The summed E-state index contributed by atoms with van der Waals surface area (Å²) in [6.07, 6.45) is -9.74. The third-order valence-electron chi connectivity index (χ3n) is 3.22. The number of anilines is 1. The highest BCUT2D eigenvalue weighted by molar-refractivity contribution is 5.42. The number of benzene rings is 2. The standard InChI is InChI=1S/C17H16F5NO/c18-16(19,20)17(21,22)24-15-10-4-6-13(12-15)7-5-11-23-14-8-2-1-3-9-14/h1-4,6,8-10,12,23H,5,7,11H2. The lowest BCUT2D eigenvalue weighted by Crippen LogP contribution is -2.41. The van der Waals surface area contributed by atoms with E-state index in [1.54, 1.807) is 6.07 Å². The van der Waals surface area contributed by atoms with Crippen molar-refractivity contribution in [3.05, 3.63) is 60.2 Å². The van der Waals surface area contributed by atoms with Gasteiger partial charge < -0.3 is 10.1 Å². The van der Waals surface area contributed by atoms with E-state index in [2.05, 4.69) is 10.1 Å². The molecule has 0 saturated heterocycles. The fourth-order valence-electron chi connectivity index (χ4n) is 2.05. The SMILES string of the molecule is FC(F)(F)C(F)(F)Oc1cccc(CCCNc2ccccc2)c1. The average molecular weight is 345 g/mol. The van der Waals surface area contributed by atoms with E-state index in [-0.39, 0.29) is 0 Å². The van der Waals surface area contributed by atoms with E-state index in [9.17, 15) is 22.0 Å². The van der Waals surface area contributed by atoms with E-state index in [0.717, 1.165) is 11.8 Å². The number of para-hydroxylation sites is 1. The molecule has 2 rings (SSSR count). The van der Waals surface area contributed by atoms with Gasteiger partial charge in [-0.2, -0.15) is 22.0 Å². The minimum atomic E-state index is -5.75. The molecule has 0 aliphatic rings. The molecule has 0 heterocycles. The summed E-state index contributed by atoms with van der Waals surface area (Å²) in [4.78, 5) is 0. The zero-order valence-corrected chi connectivity index (χ0v) is 12.6. The van der Waals surface area contributed by atoms with Gasteiger partial charge >= 0.3 is 12.3 Å². The first kappa shape index (κ1) is 18.0. The largest absolute Gasteiger partial charge is 0.499 e. The monoisotopic (exact) mass is 345 g/mol. The Morgan fingerprint density at radius 3 is 2.25 bits per heavy atom. The first-order chi connectivity index (χ1) is 11.3. The summed E-state index contributed by atoms with van der Waals surface area (Å²) >= 11 is 0. The molecule has 0 aliphatic carbocycles. The third-order valence-corrected chi connectivity index (χ3v) is 3.22. The van der Waals surface area contributed by atoms with Crippen LogP contribution in [-0.4, -0.2) is 18.8 Å². The second-order valence-corrected chi connectivity index (χ2v) is 5.16. The van der Waals surface area contributed by atoms with Gasteiger partial charge in [0.05, 0.1) is 0 Å². The number of ether oxygens (including phenoxy) is 1. The van der Waals surface area contributed by atoms with Gasteiger partial charge in [0.1, 0.15) is 5.75 Å². The summed E-state index contributed by atoms with van der Waals surface area (Å²) in [6.45, 7) is 0.647. The second kappa shape index (κ2) is 7.51. The Hall–Kier alpha value is -2.31. The van der Waals surface area contributed by atoms with Crippen molar-refractivity contribution in [1.82, 2.24) is 0 Å². The predicted octanol–water partition coefficient (Wildman–Crippen LogP) is 5.27. The molecule has 0 fully saturated rings. The van der Waals surface area contributed by atoms with Gasteiger partial charge in [-0.1, -0.05) is 30.3 Å². The lowest BCUT2D eigenvalue weighted by Gasteiger charge is -2.20. The Morgan fingerprint density at radius 1 is 0.875 bits per heavy atom. The molecule has 0 bridgehead atoms. The minimum Gasteiger partial charge on any atom is -0.426 e. The summed E-state index contributed by atoms with van der Waals surface area (Å²) in [5.41, 5.74) is 1.58.